The third-order valence-corrected chi connectivity index (χ3v) is 14.9. The lowest BCUT2D eigenvalue weighted by Gasteiger charge is -2.51. The van der Waals surface area contributed by atoms with Crippen LogP contribution in [0.2, 0.25) is 0 Å². The van der Waals surface area contributed by atoms with Crippen molar-refractivity contribution in [1.29, 1.82) is 0 Å². The molecule has 0 aromatic heterocycles. The number of aliphatic hydroxyl groups excluding tert-OH is 13. The summed E-state index contributed by atoms with van der Waals surface area (Å²) in [4.78, 5) is 54.1. The number of carbonyl (C=O) groups is 4. The average molecular weight is 1270 g/mol. The van der Waals surface area contributed by atoms with Crippen LogP contribution in [-0.2, 0) is 76.0 Å². The maximum Gasteiger partial charge on any atom is 0.338 e. The summed E-state index contributed by atoms with van der Waals surface area (Å²) in [6.45, 7) is -5.52. The molecule has 5 aliphatic heterocycles. The van der Waals surface area contributed by atoms with E-state index < -0.39 is 210 Å². The van der Waals surface area contributed by atoms with Gasteiger partial charge >= 0.3 is 23.9 Å². The van der Waals surface area contributed by atoms with Crippen molar-refractivity contribution >= 4 is 36.0 Å². The van der Waals surface area contributed by atoms with Crippen LogP contribution < -0.4 is 0 Å². The van der Waals surface area contributed by atoms with Gasteiger partial charge in [0.1, 0.15) is 128 Å². The third kappa shape index (κ3) is 16.3. The first-order valence-corrected chi connectivity index (χ1v) is 27.7. The van der Waals surface area contributed by atoms with E-state index in [1.807, 2.05) is 0 Å². The van der Waals surface area contributed by atoms with Crippen LogP contribution >= 0.6 is 0 Å². The number of benzene rings is 3. The van der Waals surface area contributed by atoms with Gasteiger partial charge in [-0.3, -0.25) is 4.79 Å². The van der Waals surface area contributed by atoms with Gasteiger partial charge in [0.15, 0.2) is 37.4 Å². The number of ether oxygens (including phenoxy) is 13. The number of hydrogen-bond acceptors (Lipinski definition) is 32. The summed E-state index contributed by atoms with van der Waals surface area (Å²) >= 11 is 0. The second-order valence-corrected chi connectivity index (χ2v) is 21.1. The van der Waals surface area contributed by atoms with E-state index in [1.165, 1.54) is 84.9 Å². The van der Waals surface area contributed by atoms with Crippen LogP contribution in [0.5, 0.6) is 11.5 Å². The molecular weight excluding hydrogens is 1200 g/mol. The number of rotatable bonds is 23. The van der Waals surface area contributed by atoms with E-state index in [-0.39, 0.29) is 17.1 Å². The fraction of sp³-hybridized carbons (Fsp3) is 0.544. The molecule has 32 nitrogen and oxygen atoms in total. The number of phenols is 2. The highest BCUT2D eigenvalue weighted by Crippen LogP contribution is 2.42. The van der Waals surface area contributed by atoms with Gasteiger partial charge in [-0.25, -0.2) is 14.4 Å². The topological polar surface area (TPSA) is 492 Å². The SMILES string of the molecule is CC(=O)OCC1OC(OC2C(OC(=O)/C=C\c3ccc(O)cc3)C(CO)OC(OC3(COC(=O)/C=C/c4ccc(O)cc4)OC(CO)C(O)C3OC(=O)c3ccccc3)C2OC2OC(CO)C(O)C(O)C2O)C(O)C(OC2OC(CO)C(O)C(O)C2O)C1O. The Hall–Kier alpha value is -6.26. The molecule has 5 heterocycles. The van der Waals surface area contributed by atoms with Crippen molar-refractivity contribution in [2.75, 3.05) is 39.6 Å². The van der Waals surface area contributed by atoms with Crippen LogP contribution in [0.25, 0.3) is 12.2 Å². The number of phenolic OH excluding ortho intramolecular Hbond substituents is 2. The van der Waals surface area contributed by atoms with Crippen molar-refractivity contribution in [2.24, 2.45) is 0 Å². The van der Waals surface area contributed by atoms with E-state index in [0.29, 0.717) is 11.1 Å². The number of aromatic hydroxyl groups is 2. The van der Waals surface area contributed by atoms with Crippen LogP contribution in [0.3, 0.4) is 0 Å². The molecule has 0 amide bonds. The molecule has 0 aliphatic carbocycles. The molecule has 32 heteroatoms. The van der Waals surface area contributed by atoms with Crippen molar-refractivity contribution in [3.05, 3.63) is 108 Å². The Morgan fingerprint density at radius 3 is 1.48 bits per heavy atom. The first-order valence-electron chi connectivity index (χ1n) is 27.7. The van der Waals surface area contributed by atoms with Crippen molar-refractivity contribution in [3.63, 3.8) is 0 Å². The van der Waals surface area contributed by atoms with Gasteiger partial charge in [-0.05, 0) is 59.7 Å². The molecule has 89 heavy (non-hydrogen) atoms. The summed E-state index contributed by atoms with van der Waals surface area (Å²) in [6.07, 6.45) is -44.9. The summed E-state index contributed by atoms with van der Waals surface area (Å²) in [6, 6.07) is 17.9. The van der Waals surface area contributed by atoms with Gasteiger partial charge in [-0.15, -0.1) is 0 Å². The lowest BCUT2D eigenvalue weighted by atomic mass is 9.95. The third-order valence-electron chi connectivity index (χ3n) is 14.9. The zero-order valence-electron chi connectivity index (χ0n) is 47.0. The van der Waals surface area contributed by atoms with Crippen molar-refractivity contribution < 1.29 is 157 Å². The summed E-state index contributed by atoms with van der Waals surface area (Å²) in [5.41, 5.74) is 0.548. The van der Waals surface area contributed by atoms with E-state index in [9.17, 15) is 95.8 Å². The van der Waals surface area contributed by atoms with E-state index in [4.69, 9.17) is 61.6 Å². The zero-order chi connectivity index (χ0) is 64.4. The van der Waals surface area contributed by atoms with Crippen LogP contribution in [0.15, 0.2) is 91.0 Å². The molecule has 0 saturated carbocycles. The van der Waals surface area contributed by atoms with Crippen LogP contribution in [-0.4, -0.2) is 287 Å². The molecule has 5 saturated heterocycles. The Morgan fingerprint density at radius 1 is 0.472 bits per heavy atom. The first-order chi connectivity index (χ1) is 42.5. The second kappa shape index (κ2) is 30.7. The standard InChI is InChI=1S/C57H70O32/c1-25(62)77-23-35-40(69)48(84-53-44(73)42(71)38(67)31(19-58)79-53)46(75)55(82-35)85-49-47(83-37(66)18-12-27-9-15-30(64)16-10-27)34(22-61)81-56(50(49)86-54-45(74)43(72)39(68)32(20-59)80-54)89-57(24-78-36(65)17-11-26-7-13-29(63)14-8-26)51(41(70)33(21-60)88-57)87-52(76)28-5-3-2-4-6-28/h2-18,31-35,38-51,53-56,58-61,63-64,67-75H,19-24H2,1H3/b17-11+,18-12-. The van der Waals surface area contributed by atoms with Gasteiger partial charge in [0.05, 0.1) is 32.0 Å². The molecule has 15 N–H and O–H groups in total. The lowest BCUT2D eigenvalue weighted by molar-refractivity contribution is -0.423. The van der Waals surface area contributed by atoms with Gasteiger partial charge < -0.3 is 138 Å². The molecule has 5 fully saturated rings. The largest absolute Gasteiger partial charge is 0.508 e. The fourth-order valence-electron chi connectivity index (χ4n) is 10.1. The highest BCUT2D eigenvalue weighted by Gasteiger charge is 2.64. The van der Waals surface area contributed by atoms with Crippen LogP contribution in [0.1, 0.15) is 28.4 Å². The summed E-state index contributed by atoms with van der Waals surface area (Å²) in [5, 5.41) is 164. The molecule has 24 unspecified atom stereocenters. The van der Waals surface area contributed by atoms with Crippen molar-refractivity contribution in [1.82, 2.24) is 0 Å². The quantitative estimate of drug-likeness (QED) is 0.0239. The summed E-state index contributed by atoms with van der Waals surface area (Å²) < 4.78 is 77.6. The fourth-order valence-corrected chi connectivity index (χ4v) is 10.1. The lowest BCUT2D eigenvalue weighted by Crippen LogP contribution is -2.69. The Kier molecular flexibility index (Phi) is 23.7. The molecule has 0 radical (unpaired) electrons. The molecule has 3 aromatic carbocycles. The minimum atomic E-state index is -2.97. The highest BCUT2D eigenvalue weighted by atomic mass is 16.8. The van der Waals surface area contributed by atoms with E-state index in [2.05, 4.69) is 0 Å². The minimum absolute atomic E-state index is 0.105. The molecule has 8 rings (SSSR count). The summed E-state index contributed by atoms with van der Waals surface area (Å²) in [7, 11) is 0. The van der Waals surface area contributed by atoms with Gasteiger partial charge in [0.2, 0.25) is 5.79 Å². The molecular formula is C57H70O32. The number of carbonyl (C=O) groups excluding carboxylic acids is 4. The molecule has 24 atom stereocenters. The molecule has 3 aromatic rings. The normalized spacial score (nSPS) is 37.4. The predicted octanol–water partition coefficient (Wildman–Crippen LogP) is -5.55. The Balaban J connectivity index is 1.27. The van der Waals surface area contributed by atoms with Gasteiger partial charge in [0.25, 0.3) is 0 Å². The van der Waals surface area contributed by atoms with E-state index in [1.54, 1.807) is 6.07 Å². The zero-order valence-corrected chi connectivity index (χ0v) is 47.0. The van der Waals surface area contributed by atoms with Crippen LogP contribution in [0, 0.1) is 0 Å². The van der Waals surface area contributed by atoms with Crippen molar-refractivity contribution in [2.45, 2.75) is 154 Å². The Labute approximate surface area is 504 Å². The molecule has 5 aliphatic rings. The van der Waals surface area contributed by atoms with E-state index in [0.717, 1.165) is 19.1 Å². The molecule has 0 spiro atoms. The van der Waals surface area contributed by atoms with Gasteiger partial charge in [-0.2, -0.15) is 0 Å². The first kappa shape index (κ1) is 68.6. The van der Waals surface area contributed by atoms with Crippen LogP contribution in [0.4, 0.5) is 0 Å². The van der Waals surface area contributed by atoms with Crippen molar-refractivity contribution in [3.8, 4) is 11.5 Å². The number of esters is 4. The second-order valence-electron chi connectivity index (χ2n) is 21.1. The number of hydrogen-bond donors (Lipinski definition) is 15. The van der Waals surface area contributed by atoms with Gasteiger partial charge in [-0.1, -0.05) is 42.5 Å². The molecule has 490 valence electrons. The van der Waals surface area contributed by atoms with E-state index >= 15 is 0 Å². The maximum atomic E-state index is 14.1. The Morgan fingerprint density at radius 2 is 0.955 bits per heavy atom. The predicted molar refractivity (Wildman–Crippen MR) is 288 cm³/mol. The maximum absolute atomic E-state index is 14.1. The number of aliphatic hydroxyl groups is 13. The van der Waals surface area contributed by atoms with Gasteiger partial charge in [0, 0.05) is 19.1 Å². The monoisotopic (exact) mass is 1270 g/mol. The average Bonchev–Trinajstić information content (AvgIpc) is 1.84. The Bertz CT molecular complexity index is 2840. The highest BCUT2D eigenvalue weighted by molar-refractivity contribution is 5.90. The smallest absolute Gasteiger partial charge is 0.338 e. The minimum Gasteiger partial charge on any atom is -0.508 e. The molecule has 0 bridgehead atoms. The summed E-state index contributed by atoms with van der Waals surface area (Å²) in [5.74, 6) is -7.81.